The van der Waals surface area contributed by atoms with Crippen molar-refractivity contribution in [1.82, 2.24) is 14.8 Å². The number of aromatic nitrogens is 3. The van der Waals surface area contributed by atoms with E-state index in [4.69, 9.17) is 5.73 Å². The van der Waals surface area contributed by atoms with Gasteiger partial charge in [0.15, 0.2) is 5.82 Å². The van der Waals surface area contributed by atoms with Crippen LogP contribution in [0, 0.1) is 0 Å². The molecule has 0 aromatic carbocycles. The first-order valence-corrected chi connectivity index (χ1v) is 4.48. The van der Waals surface area contributed by atoms with Crippen molar-refractivity contribution >= 4 is 21.6 Å². The average Bonchev–Trinajstić information content (AvgIpc) is 2.53. The minimum absolute atomic E-state index is 0.623. The van der Waals surface area contributed by atoms with Gasteiger partial charge in [-0.05, 0) is 28.1 Å². The SMILES string of the molecule is Nc1cnn(-c2ncccc2Br)c1. The maximum Gasteiger partial charge on any atom is 0.167 e. The Bertz CT molecular complexity index is 424. The van der Waals surface area contributed by atoms with E-state index in [-0.39, 0.29) is 0 Å². The Hall–Kier alpha value is -1.36. The van der Waals surface area contributed by atoms with Gasteiger partial charge < -0.3 is 5.73 Å². The molecule has 0 atom stereocenters. The van der Waals surface area contributed by atoms with Crippen molar-refractivity contribution in [1.29, 1.82) is 0 Å². The summed E-state index contributed by atoms with van der Waals surface area (Å²) in [5.41, 5.74) is 6.16. The first kappa shape index (κ1) is 8.25. The van der Waals surface area contributed by atoms with Gasteiger partial charge in [-0.3, -0.25) is 0 Å². The van der Waals surface area contributed by atoms with Crippen LogP contribution in [0.1, 0.15) is 0 Å². The van der Waals surface area contributed by atoms with Crippen LogP contribution in [0.15, 0.2) is 35.2 Å². The monoisotopic (exact) mass is 238 g/mol. The zero-order valence-corrected chi connectivity index (χ0v) is 8.27. The molecule has 0 aliphatic rings. The van der Waals surface area contributed by atoms with Crippen LogP contribution in [0.5, 0.6) is 0 Å². The van der Waals surface area contributed by atoms with E-state index in [0.717, 1.165) is 10.3 Å². The molecule has 13 heavy (non-hydrogen) atoms. The molecule has 2 aromatic rings. The summed E-state index contributed by atoms with van der Waals surface area (Å²) in [7, 11) is 0. The minimum atomic E-state index is 0.623. The molecular formula is C8H7BrN4. The summed E-state index contributed by atoms with van der Waals surface area (Å²) >= 11 is 3.38. The quantitative estimate of drug-likeness (QED) is 0.822. The molecule has 4 nitrogen and oxygen atoms in total. The summed E-state index contributed by atoms with van der Waals surface area (Å²) < 4.78 is 2.51. The highest BCUT2D eigenvalue weighted by Crippen LogP contribution is 2.17. The third-order valence-electron chi connectivity index (χ3n) is 1.56. The van der Waals surface area contributed by atoms with Crippen molar-refractivity contribution in [3.8, 4) is 5.82 Å². The van der Waals surface area contributed by atoms with Crippen molar-refractivity contribution in [2.45, 2.75) is 0 Å². The maximum atomic E-state index is 5.54. The number of halogens is 1. The van der Waals surface area contributed by atoms with Crippen LogP contribution in [-0.4, -0.2) is 14.8 Å². The molecule has 0 aliphatic heterocycles. The van der Waals surface area contributed by atoms with E-state index in [1.807, 2.05) is 12.1 Å². The Balaban J connectivity index is 2.52. The van der Waals surface area contributed by atoms with Gasteiger partial charge in [-0.25, -0.2) is 9.67 Å². The summed E-state index contributed by atoms with van der Waals surface area (Å²) in [5.74, 6) is 0.735. The number of nitrogens with zero attached hydrogens (tertiary/aromatic N) is 3. The highest BCUT2D eigenvalue weighted by Gasteiger charge is 2.03. The smallest absolute Gasteiger partial charge is 0.167 e. The van der Waals surface area contributed by atoms with E-state index in [0.29, 0.717) is 5.69 Å². The van der Waals surface area contributed by atoms with Gasteiger partial charge in [0.25, 0.3) is 0 Å². The van der Waals surface area contributed by atoms with Crippen molar-refractivity contribution in [3.63, 3.8) is 0 Å². The molecule has 0 fully saturated rings. The number of rotatable bonds is 1. The van der Waals surface area contributed by atoms with Crippen molar-refractivity contribution in [2.75, 3.05) is 5.73 Å². The van der Waals surface area contributed by atoms with Crippen LogP contribution < -0.4 is 5.73 Å². The fraction of sp³-hybridized carbons (Fsp3) is 0. The highest BCUT2D eigenvalue weighted by molar-refractivity contribution is 9.10. The molecule has 0 saturated heterocycles. The largest absolute Gasteiger partial charge is 0.396 e. The Morgan fingerprint density at radius 3 is 2.92 bits per heavy atom. The highest BCUT2D eigenvalue weighted by atomic mass is 79.9. The first-order valence-electron chi connectivity index (χ1n) is 3.68. The lowest BCUT2D eigenvalue weighted by molar-refractivity contribution is 0.842. The zero-order valence-electron chi connectivity index (χ0n) is 6.68. The van der Waals surface area contributed by atoms with Gasteiger partial charge >= 0.3 is 0 Å². The third kappa shape index (κ3) is 1.55. The van der Waals surface area contributed by atoms with E-state index in [1.165, 1.54) is 0 Å². The molecule has 2 N–H and O–H groups in total. The molecule has 0 saturated carbocycles. The summed E-state index contributed by atoms with van der Waals surface area (Å²) in [5, 5.41) is 4.05. The number of nitrogens with two attached hydrogens (primary N) is 1. The molecule has 2 heterocycles. The normalized spacial score (nSPS) is 10.2. The van der Waals surface area contributed by atoms with Crippen LogP contribution in [0.4, 0.5) is 5.69 Å². The van der Waals surface area contributed by atoms with Gasteiger partial charge in [-0.1, -0.05) is 0 Å². The Morgan fingerprint density at radius 1 is 1.46 bits per heavy atom. The average molecular weight is 239 g/mol. The number of hydrogen-bond donors (Lipinski definition) is 1. The van der Waals surface area contributed by atoms with Crippen LogP contribution in [-0.2, 0) is 0 Å². The zero-order chi connectivity index (χ0) is 9.26. The minimum Gasteiger partial charge on any atom is -0.396 e. The lowest BCUT2D eigenvalue weighted by Gasteiger charge is -2.00. The Morgan fingerprint density at radius 2 is 2.31 bits per heavy atom. The standard InChI is InChI=1S/C8H7BrN4/c9-7-2-1-3-11-8(7)13-5-6(10)4-12-13/h1-5H,10H2. The van der Waals surface area contributed by atoms with E-state index in [2.05, 4.69) is 26.0 Å². The van der Waals surface area contributed by atoms with Gasteiger partial charge in [-0.2, -0.15) is 5.10 Å². The molecule has 0 aliphatic carbocycles. The van der Waals surface area contributed by atoms with Crippen LogP contribution in [0.2, 0.25) is 0 Å². The Labute approximate surface area is 83.5 Å². The van der Waals surface area contributed by atoms with Gasteiger partial charge in [0.05, 0.1) is 22.6 Å². The van der Waals surface area contributed by atoms with E-state index in [9.17, 15) is 0 Å². The second kappa shape index (κ2) is 3.18. The molecule has 66 valence electrons. The fourth-order valence-electron chi connectivity index (χ4n) is 0.999. The number of anilines is 1. The molecule has 2 rings (SSSR count). The second-order valence-electron chi connectivity index (χ2n) is 2.53. The number of hydrogen-bond acceptors (Lipinski definition) is 3. The lowest BCUT2D eigenvalue weighted by Crippen LogP contribution is -1.98. The third-order valence-corrected chi connectivity index (χ3v) is 2.18. The summed E-state index contributed by atoms with van der Waals surface area (Å²) in [6, 6.07) is 3.75. The van der Waals surface area contributed by atoms with Crippen molar-refractivity contribution < 1.29 is 0 Å². The summed E-state index contributed by atoms with van der Waals surface area (Å²) in [6.07, 6.45) is 5.01. The van der Waals surface area contributed by atoms with Gasteiger partial charge in [0.2, 0.25) is 0 Å². The predicted octanol–water partition coefficient (Wildman–Crippen LogP) is 1.61. The first-order chi connectivity index (χ1) is 6.27. The van der Waals surface area contributed by atoms with E-state index in [1.54, 1.807) is 23.3 Å². The maximum absolute atomic E-state index is 5.54. The number of pyridine rings is 1. The molecule has 5 heteroatoms. The van der Waals surface area contributed by atoms with Crippen LogP contribution in [0.25, 0.3) is 5.82 Å². The fourth-order valence-corrected chi connectivity index (χ4v) is 1.44. The van der Waals surface area contributed by atoms with Crippen molar-refractivity contribution in [3.05, 3.63) is 35.2 Å². The molecule has 0 spiro atoms. The van der Waals surface area contributed by atoms with Gasteiger partial charge in [0, 0.05) is 6.20 Å². The van der Waals surface area contributed by atoms with Crippen molar-refractivity contribution in [2.24, 2.45) is 0 Å². The van der Waals surface area contributed by atoms with E-state index >= 15 is 0 Å². The molecule has 0 amide bonds. The van der Waals surface area contributed by atoms with Gasteiger partial charge in [0.1, 0.15) is 0 Å². The topological polar surface area (TPSA) is 56.7 Å². The molecular weight excluding hydrogens is 232 g/mol. The predicted molar refractivity (Wildman–Crippen MR) is 53.5 cm³/mol. The van der Waals surface area contributed by atoms with Crippen LogP contribution in [0.3, 0.4) is 0 Å². The lowest BCUT2D eigenvalue weighted by atomic mass is 10.5. The number of nitrogen functional groups attached to an aromatic ring is 1. The van der Waals surface area contributed by atoms with Crippen LogP contribution >= 0.6 is 15.9 Å². The van der Waals surface area contributed by atoms with E-state index < -0.39 is 0 Å². The summed E-state index contributed by atoms with van der Waals surface area (Å²) in [4.78, 5) is 4.16. The molecule has 0 unspecified atom stereocenters. The summed E-state index contributed by atoms with van der Waals surface area (Å²) in [6.45, 7) is 0. The molecule has 0 radical (unpaired) electrons. The van der Waals surface area contributed by atoms with Gasteiger partial charge in [-0.15, -0.1) is 0 Å². The second-order valence-corrected chi connectivity index (χ2v) is 3.38. The molecule has 2 aromatic heterocycles. The molecule has 0 bridgehead atoms. The Kier molecular flexibility index (Phi) is 2.02.